The first-order chi connectivity index (χ1) is 13.2. The second-order valence-corrected chi connectivity index (χ2v) is 9.18. The van der Waals surface area contributed by atoms with Crippen molar-refractivity contribution in [1.29, 1.82) is 5.26 Å². The maximum absolute atomic E-state index is 13.9. The molecule has 0 heterocycles. The lowest BCUT2D eigenvalue weighted by Gasteiger charge is -2.32. The summed E-state index contributed by atoms with van der Waals surface area (Å²) in [6.07, 6.45) is 17.9. The highest BCUT2D eigenvalue weighted by Gasteiger charge is 2.25. The minimum Gasteiger partial charge on any atom is -0.206 e. The second kappa shape index (κ2) is 10.3. The summed E-state index contributed by atoms with van der Waals surface area (Å²) in [5.41, 5.74) is 1.26. The fourth-order valence-electron chi connectivity index (χ4n) is 5.43. The molecule has 1 aromatic rings. The highest BCUT2D eigenvalue weighted by Crippen LogP contribution is 2.40. The first kappa shape index (κ1) is 20.4. The topological polar surface area (TPSA) is 23.8 Å². The fraction of sp³-hybridized carbons (Fsp3) is 0.720. The zero-order valence-corrected chi connectivity index (χ0v) is 17.1. The average Bonchev–Trinajstić information content (AvgIpc) is 2.72. The highest BCUT2D eigenvalue weighted by molar-refractivity contribution is 5.34. The number of hydrogen-bond acceptors (Lipinski definition) is 1. The number of hydrogen-bond donors (Lipinski definition) is 0. The van der Waals surface area contributed by atoms with Crippen molar-refractivity contribution in [2.75, 3.05) is 0 Å². The Kier molecular flexibility index (Phi) is 7.74. The van der Waals surface area contributed by atoms with Gasteiger partial charge in [-0.15, -0.1) is 0 Å². The summed E-state index contributed by atoms with van der Waals surface area (Å²) in [7, 11) is 0. The number of nitriles is 1. The lowest BCUT2D eigenvalue weighted by Crippen LogP contribution is -2.18. The van der Waals surface area contributed by atoms with E-state index in [0.29, 0.717) is 5.92 Å². The predicted molar refractivity (Wildman–Crippen MR) is 110 cm³/mol. The largest absolute Gasteiger partial charge is 0.206 e. The third-order valence-corrected chi connectivity index (χ3v) is 7.35. The van der Waals surface area contributed by atoms with E-state index in [4.69, 9.17) is 5.26 Å². The molecule has 0 aliphatic heterocycles. The van der Waals surface area contributed by atoms with Crippen LogP contribution in [0.1, 0.15) is 107 Å². The molecule has 1 aromatic carbocycles. The summed E-state index contributed by atoms with van der Waals surface area (Å²) in [6, 6.07) is 7.12. The molecule has 0 radical (unpaired) electrons. The molecule has 0 aromatic heterocycles. The number of rotatable bonds is 7. The molecule has 0 N–H and O–H groups in total. The lowest BCUT2D eigenvalue weighted by atomic mass is 9.74. The molecular formula is C25H36FN. The van der Waals surface area contributed by atoms with E-state index in [9.17, 15) is 4.39 Å². The Labute approximate surface area is 165 Å². The highest BCUT2D eigenvalue weighted by atomic mass is 19.1. The van der Waals surface area contributed by atoms with Gasteiger partial charge in [-0.25, -0.2) is 4.39 Å². The Morgan fingerprint density at radius 2 is 1.44 bits per heavy atom. The normalized spacial score (nSPS) is 28.6. The van der Waals surface area contributed by atoms with Crippen molar-refractivity contribution in [3.05, 3.63) is 35.1 Å². The molecule has 3 rings (SSSR count). The quantitative estimate of drug-likeness (QED) is 0.482. The minimum atomic E-state index is -0.355. The van der Waals surface area contributed by atoms with Crippen molar-refractivity contribution in [3.63, 3.8) is 0 Å². The zero-order valence-electron chi connectivity index (χ0n) is 17.1. The predicted octanol–water partition coefficient (Wildman–Crippen LogP) is 7.75. The van der Waals surface area contributed by atoms with Crippen LogP contribution in [0.25, 0.3) is 0 Å². The van der Waals surface area contributed by atoms with Crippen molar-refractivity contribution in [2.24, 2.45) is 17.8 Å². The Balaban J connectivity index is 1.37. The third-order valence-electron chi connectivity index (χ3n) is 7.35. The third kappa shape index (κ3) is 5.81. The summed E-state index contributed by atoms with van der Waals surface area (Å²) in [4.78, 5) is 0. The molecule has 2 aliphatic carbocycles. The maximum Gasteiger partial charge on any atom is 0.141 e. The standard InChI is InChI=1S/C25H36FN/c1-2-3-4-19-5-7-20(8-6-19)9-10-21-11-13-22(14-12-21)23-15-16-24(18-27)25(26)17-23/h15-17,19-22H,2-14H2,1H3/t19-,20-,21?,22?. The van der Waals surface area contributed by atoms with Crippen LogP contribution in [0.3, 0.4) is 0 Å². The monoisotopic (exact) mass is 369 g/mol. The van der Waals surface area contributed by atoms with Gasteiger partial charge in [0, 0.05) is 0 Å². The SMILES string of the molecule is CCCC[C@H]1CC[C@H](CCC2CCC(c3ccc(C#N)c(F)c3)CC2)CC1. The van der Waals surface area contributed by atoms with Crippen LogP contribution in [-0.2, 0) is 0 Å². The fourth-order valence-corrected chi connectivity index (χ4v) is 5.43. The Morgan fingerprint density at radius 3 is 1.96 bits per heavy atom. The molecule has 0 spiro atoms. The van der Waals surface area contributed by atoms with Crippen molar-refractivity contribution in [2.45, 2.75) is 96.3 Å². The van der Waals surface area contributed by atoms with Gasteiger partial charge in [-0.05, 0) is 67.1 Å². The number of nitrogens with zero attached hydrogens (tertiary/aromatic N) is 1. The number of benzene rings is 1. The molecule has 0 atom stereocenters. The van der Waals surface area contributed by atoms with E-state index in [0.717, 1.165) is 23.3 Å². The molecule has 0 bridgehead atoms. The molecule has 0 saturated heterocycles. The first-order valence-corrected chi connectivity index (χ1v) is 11.4. The van der Waals surface area contributed by atoms with Gasteiger partial charge in [-0.3, -0.25) is 0 Å². The smallest absolute Gasteiger partial charge is 0.141 e. The average molecular weight is 370 g/mol. The number of halogens is 1. The van der Waals surface area contributed by atoms with Gasteiger partial charge in [0.2, 0.25) is 0 Å². The molecule has 2 heteroatoms. The van der Waals surface area contributed by atoms with E-state index in [-0.39, 0.29) is 11.4 Å². The molecule has 2 saturated carbocycles. The van der Waals surface area contributed by atoms with Crippen LogP contribution in [-0.4, -0.2) is 0 Å². The van der Waals surface area contributed by atoms with Crippen LogP contribution < -0.4 is 0 Å². The van der Waals surface area contributed by atoms with Gasteiger partial charge in [0.15, 0.2) is 0 Å². The summed E-state index contributed by atoms with van der Waals surface area (Å²) in [5, 5.41) is 8.88. The molecule has 0 amide bonds. The molecule has 1 nitrogen and oxygen atoms in total. The van der Waals surface area contributed by atoms with Crippen molar-refractivity contribution in [3.8, 4) is 6.07 Å². The van der Waals surface area contributed by atoms with Crippen LogP contribution in [0.4, 0.5) is 4.39 Å². The Hall–Kier alpha value is -1.36. The van der Waals surface area contributed by atoms with Gasteiger partial charge in [0.25, 0.3) is 0 Å². The van der Waals surface area contributed by atoms with Gasteiger partial charge in [0.1, 0.15) is 11.9 Å². The first-order valence-electron chi connectivity index (χ1n) is 11.4. The van der Waals surface area contributed by atoms with Gasteiger partial charge >= 0.3 is 0 Å². The molecule has 148 valence electrons. The van der Waals surface area contributed by atoms with E-state index < -0.39 is 0 Å². The minimum absolute atomic E-state index is 0.164. The van der Waals surface area contributed by atoms with Gasteiger partial charge in [-0.2, -0.15) is 5.26 Å². The molecule has 2 fully saturated rings. The summed E-state index contributed by atoms with van der Waals surface area (Å²) in [5.74, 6) is 3.00. The molecule has 27 heavy (non-hydrogen) atoms. The second-order valence-electron chi connectivity index (χ2n) is 9.18. The lowest BCUT2D eigenvalue weighted by molar-refractivity contribution is 0.222. The van der Waals surface area contributed by atoms with E-state index >= 15 is 0 Å². The Bertz CT molecular complexity index is 616. The van der Waals surface area contributed by atoms with Gasteiger partial charge in [-0.1, -0.05) is 70.8 Å². The van der Waals surface area contributed by atoms with E-state index in [1.54, 1.807) is 12.1 Å². The van der Waals surface area contributed by atoms with Gasteiger partial charge in [0.05, 0.1) is 5.56 Å². The van der Waals surface area contributed by atoms with Crippen molar-refractivity contribution < 1.29 is 4.39 Å². The summed E-state index contributed by atoms with van der Waals surface area (Å²) >= 11 is 0. The molecular weight excluding hydrogens is 333 g/mol. The van der Waals surface area contributed by atoms with Crippen LogP contribution in [0.2, 0.25) is 0 Å². The Morgan fingerprint density at radius 1 is 0.889 bits per heavy atom. The van der Waals surface area contributed by atoms with Crippen LogP contribution >= 0.6 is 0 Å². The molecule has 0 unspecified atom stereocenters. The van der Waals surface area contributed by atoms with Crippen LogP contribution in [0.5, 0.6) is 0 Å². The van der Waals surface area contributed by atoms with Crippen LogP contribution in [0.15, 0.2) is 18.2 Å². The summed E-state index contributed by atoms with van der Waals surface area (Å²) in [6.45, 7) is 2.30. The van der Waals surface area contributed by atoms with E-state index in [2.05, 4.69) is 6.92 Å². The zero-order chi connectivity index (χ0) is 19.1. The molecule has 2 aliphatic rings. The van der Waals surface area contributed by atoms with E-state index in [1.165, 1.54) is 83.5 Å². The van der Waals surface area contributed by atoms with Crippen molar-refractivity contribution in [1.82, 2.24) is 0 Å². The van der Waals surface area contributed by atoms with E-state index in [1.807, 2.05) is 12.1 Å². The van der Waals surface area contributed by atoms with Crippen LogP contribution in [0, 0.1) is 34.9 Å². The summed E-state index contributed by atoms with van der Waals surface area (Å²) < 4.78 is 13.9. The number of unbranched alkanes of at least 4 members (excludes halogenated alkanes) is 1. The van der Waals surface area contributed by atoms with Crippen molar-refractivity contribution >= 4 is 0 Å². The van der Waals surface area contributed by atoms with Gasteiger partial charge < -0.3 is 0 Å². The maximum atomic E-state index is 13.9.